The van der Waals surface area contributed by atoms with Gasteiger partial charge < -0.3 is 15.5 Å². The summed E-state index contributed by atoms with van der Waals surface area (Å²) in [7, 11) is 0. The van der Waals surface area contributed by atoms with Crippen LogP contribution >= 0.6 is 0 Å². The number of benzene rings is 1. The van der Waals surface area contributed by atoms with Gasteiger partial charge in [-0.3, -0.25) is 0 Å². The smallest absolute Gasteiger partial charge is 0.215 e. The van der Waals surface area contributed by atoms with E-state index in [-0.39, 0.29) is 0 Å². The maximum atomic E-state index is 5.69. The SMILES string of the molecule is CCOc1ccc2[nH]c(CCc3ccc(N)cc3)nc2n1. The lowest BCUT2D eigenvalue weighted by atomic mass is 10.1. The van der Waals surface area contributed by atoms with Crippen molar-refractivity contribution in [1.29, 1.82) is 0 Å². The largest absolute Gasteiger partial charge is 0.478 e. The van der Waals surface area contributed by atoms with Gasteiger partial charge in [0.05, 0.1) is 12.1 Å². The number of aryl methyl sites for hydroxylation is 2. The molecule has 108 valence electrons. The van der Waals surface area contributed by atoms with Crippen LogP contribution in [-0.2, 0) is 12.8 Å². The molecule has 0 aliphatic heterocycles. The summed E-state index contributed by atoms with van der Waals surface area (Å²) in [6, 6.07) is 11.7. The molecule has 2 aromatic heterocycles. The predicted molar refractivity (Wildman–Crippen MR) is 83.3 cm³/mol. The Morgan fingerprint density at radius 3 is 2.62 bits per heavy atom. The Bertz CT molecular complexity index is 734. The first kappa shape index (κ1) is 13.4. The van der Waals surface area contributed by atoms with Gasteiger partial charge in [-0.25, -0.2) is 4.98 Å². The van der Waals surface area contributed by atoms with Gasteiger partial charge in [-0.05, 0) is 37.1 Å². The standard InChI is InChI=1S/C16H18N4O/c1-2-21-15-10-8-13-16(20-15)19-14(18-13)9-5-11-3-6-12(17)7-4-11/h3-4,6-8,10H,2,5,9,17H2,1H3,(H,18,19,20). The molecule has 0 fully saturated rings. The fourth-order valence-corrected chi connectivity index (χ4v) is 2.22. The van der Waals surface area contributed by atoms with Crippen LogP contribution in [0.4, 0.5) is 5.69 Å². The number of anilines is 1. The van der Waals surface area contributed by atoms with Gasteiger partial charge >= 0.3 is 0 Å². The second-order valence-corrected chi connectivity index (χ2v) is 4.88. The minimum Gasteiger partial charge on any atom is -0.478 e. The van der Waals surface area contributed by atoms with E-state index in [4.69, 9.17) is 10.5 Å². The Morgan fingerprint density at radius 2 is 1.86 bits per heavy atom. The molecule has 0 saturated heterocycles. The molecule has 0 aliphatic rings. The van der Waals surface area contributed by atoms with Crippen LogP contribution in [0.25, 0.3) is 11.2 Å². The molecule has 2 heterocycles. The van der Waals surface area contributed by atoms with Crippen molar-refractivity contribution in [2.24, 2.45) is 0 Å². The van der Waals surface area contributed by atoms with E-state index in [1.807, 2.05) is 43.3 Å². The number of imidazole rings is 1. The number of hydrogen-bond donors (Lipinski definition) is 2. The van der Waals surface area contributed by atoms with Crippen LogP contribution in [-0.4, -0.2) is 21.6 Å². The molecule has 3 aromatic rings. The Labute approximate surface area is 123 Å². The number of ether oxygens (including phenoxy) is 1. The first-order chi connectivity index (χ1) is 10.2. The topological polar surface area (TPSA) is 76.8 Å². The Hall–Kier alpha value is -2.56. The first-order valence-corrected chi connectivity index (χ1v) is 7.07. The number of nitrogens with zero attached hydrogens (tertiary/aromatic N) is 2. The van der Waals surface area contributed by atoms with E-state index in [0.717, 1.165) is 29.9 Å². The lowest BCUT2D eigenvalue weighted by Gasteiger charge is -1.99. The van der Waals surface area contributed by atoms with Crippen LogP contribution in [0.3, 0.4) is 0 Å². The molecule has 0 unspecified atom stereocenters. The molecule has 0 radical (unpaired) electrons. The number of aromatic nitrogens is 3. The fraction of sp³-hybridized carbons (Fsp3) is 0.250. The van der Waals surface area contributed by atoms with Crippen molar-refractivity contribution >= 4 is 16.9 Å². The number of nitrogen functional groups attached to an aromatic ring is 1. The zero-order valence-corrected chi connectivity index (χ0v) is 12.0. The van der Waals surface area contributed by atoms with Gasteiger partial charge in [-0.15, -0.1) is 0 Å². The maximum absolute atomic E-state index is 5.69. The van der Waals surface area contributed by atoms with Gasteiger partial charge in [0.1, 0.15) is 5.82 Å². The summed E-state index contributed by atoms with van der Waals surface area (Å²) in [6.45, 7) is 2.54. The molecule has 0 spiro atoms. The third kappa shape index (κ3) is 3.13. The summed E-state index contributed by atoms with van der Waals surface area (Å²) < 4.78 is 5.39. The van der Waals surface area contributed by atoms with Crippen molar-refractivity contribution in [3.05, 3.63) is 47.8 Å². The van der Waals surface area contributed by atoms with Crippen molar-refractivity contribution in [2.45, 2.75) is 19.8 Å². The number of pyridine rings is 1. The molecule has 5 heteroatoms. The van der Waals surface area contributed by atoms with Crippen LogP contribution in [0.15, 0.2) is 36.4 Å². The highest BCUT2D eigenvalue weighted by Crippen LogP contribution is 2.16. The van der Waals surface area contributed by atoms with Crippen LogP contribution in [0.1, 0.15) is 18.3 Å². The molecule has 21 heavy (non-hydrogen) atoms. The monoisotopic (exact) mass is 282 g/mol. The molecule has 0 aliphatic carbocycles. The summed E-state index contributed by atoms with van der Waals surface area (Å²) in [4.78, 5) is 12.2. The molecule has 0 atom stereocenters. The lowest BCUT2D eigenvalue weighted by molar-refractivity contribution is 0.328. The van der Waals surface area contributed by atoms with Crippen LogP contribution in [0.2, 0.25) is 0 Å². The Morgan fingerprint density at radius 1 is 1.05 bits per heavy atom. The van der Waals surface area contributed by atoms with E-state index < -0.39 is 0 Å². The molecular formula is C16H18N4O. The molecule has 5 nitrogen and oxygen atoms in total. The highest BCUT2D eigenvalue weighted by molar-refractivity contribution is 5.71. The van der Waals surface area contributed by atoms with Gasteiger partial charge in [0, 0.05) is 18.2 Å². The Kier molecular flexibility index (Phi) is 3.73. The predicted octanol–water partition coefficient (Wildman–Crippen LogP) is 2.72. The molecule has 0 saturated carbocycles. The lowest BCUT2D eigenvalue weighted by Crippen LogP contribution is -1.94. The summed E-state index contributed by atoms with van der Waals surface area (Å²) in [6.07, 6.45) is 1.75. The second-order valence-electron chi connectivity index (χ2n) is 4.88. The fourth-order valence-electron chi connectivity index (χ4n) is 2.22. The zero-order chi connectivity index (χ0) is 14.7. The van der Waals surface area contributed by atoms with Crippen molar-refractivity contribution in [3.8, 4) is 5.88 Å². The van der Waals surface area contributed by atoms with Crippen LogP contribution < -0.4 is 10.5 Å². The number of nitrogens with two attached hydrogens (primary N) is 1. The van der Waals surface area contributed by atoms with Gasteiger partial charge in [0.2, 0.25) is 5.88 Å². The van der Waals surface area contributed by atoms with E-state index in [0.29, 0.717) is 18.1 Å². The van der Waals surface area contributed by atoms with E-state index >= 15 is 0 Å². The quantitative estimate of drug-likeness (QED) is 0.705. The number of hydrogen-bond acceptors (Lipinski definition) is 4. The number of H-pyrrole nitrogens is 1. The second kappa shape index (κ2) is 5.83. The summed E-state index contributed by atoms with van der Waals surface area (Å²) in [5.74, 6) is 1.55. The van der Waals surface area contributed by atoms with E-state index in [9.17, 15) is 0 Å². The minimum absolute atomic E-state index is 0.604. The van der Waals surface area contributed by atoms with E-state index in [1.54, 1.807) is 0 Å². The highest BCUT2D eigenvalue weighted by atomic mass is 16.5. The maximum Gasteiger partial charge on any atom is 0.215 e. The van der Waals surface area contributed by atoms with Gasteiger partial charge in [0.15, 0.2) is 5.65 Å². The third-order valence-corrected chi connectivity index (χ3v) is 3.29. The third-order valence-electron chi connectivity index (χ3n) is 3.29. The normalized spacial score (nSPS) is 10.9. The minimum atomic E-state index is 0.604. The molecule has 3 N–H and O–H groups in total. The van der Waals surface area contributed by atoms with Crippen LogP contribution in [0, 0.1) is 0 Å². The van der Waals surface area contributed by atoms with E-state index in [1.165, 1.54) is 5.56 Å². The van der Waals surface area contributed by atoms with Crippen molar-refractivity contribution < 1.29 is 4.74 Å². The number of aromatic amines is 1. The van der Waals surface area contributed by atoms with Gasteiger partial charge in [0.25, 0.3) is 0 Å². The molecule has 1 aromatic carbocycles. The average Bonchev–Trinajstić information content (AvgIpc) is 2.89. The van der Waals surface area contributed by atoms with Crippen molar-refractivity contribution in [3.63, 3.8) is 0 Å². The van der Waals surface area contributed by atoms with Crippen LogP contribution in [0.5, 0.6) is 5.88 Å². The molecule has 0 amide bonds. The summed E-state index contributed by atoms with van der Waals surface area (Å²) in [5.41, 5.74) is 9.35. The Balaban J connectivity index is 1.73. The molecule has 3 rings (SSSR count). The van der Waals surface area contributed by atoms with Crippen molar-refractivity contribution in [2.75, 3.05) is 12.3 Å². The number of nitrogens with one attached hydrogen (secondary N) is 1. The van der Waals surface area contributed by atoms with E-state index in [2.05, 4.69) is 15.0 Å². The average molecular weight is 282 g/mol. The summed E-state index contributed by atoms with van der Waals surface area (Å²) >= 11 is 0. The van der Waals surface area contributed by atoms with Gasteiger partial charge in [-0.1, -0.05) is 12.1 Å². The summed E-state index contributed by atoms with van der Waals surface area (Å²) in [5, 5.41) is 0. The number of rotatable bonds is 5. The molecule has 0 bridgehead atoms. The van der Waals surface area contributed by atoms with Gasteiger partial charge in [-0.2, -0.15) is 4.98 Å². The number of fused-ring (bicyclic) bond motifs is 1. The van der Waals surface area contributed by atoms with Crippen molar-refractivity contribution in [1.82, 2.24) is 15.0 Å². The first-order valence-electron chi connectivity index (χ1n) is 7.07. The zero-order valence-electron chi connectivity index (χ0n) is 12.0. The molecular weight excluding hydrogens is 264 g/mol. The highest BCUT2D eigenvalue weighted by Gasteiger charge is 2.06.